The fraction of sp³-hybridized carbons (Fsp3) is 0.818. The van der Waals surface area contributed by atoms with Crippen molar-refractivity contribution in [3.8, 4) is 0 Å². The number of alkyl halides is 3. The van der Waals surface area contributed by atoms with E-state index in [-0.39, 0.29) is 19.1 Å². The van der Waals surface area contributed by atoms with Crippen molar-refractivity contribution in [2.24, 2.45) is 0 Å². The standard InChI is InChI=1S/C11H18F3N3O3/c1-7-6-17(5-4-16(7)3)9(20)15-10(2,8(18)19)11(12,13)14/h7H,4-6H2,1-3H3,(H,15,20)(H,18,19). The van der Waals surface area contributed by atoms with Gasteiger partial charge >= 0.3 is 18.2 Å². The molecular weight excluding hydrogens is 279 g/mol. The molecule has 0 aliphatic carbocycles. The van der Waals surface area contributed by atoms with Gasteiger partial charge in [0, 0.05) is 25.7 Å². The van der Waals surface area contributed by atoms with Crippen LogP contribution >= 0.6 is 0 Å². The number of carboxylic acid groups (broad SMARTS) is 1. The molecule has 0 aromatic heterocycles. The van der Waals surface area contributed by atoms with Gasteiger partial charge in [0.1, 0.15) is 0 Å². The zero-order chi connectivity index (χ0) is 15.7. The number of rotatable bonds is 2. The van der Waals surface area contributed by atoms with E-state index in [1.54, 1.807) is 5.32 Å². The van der Waals surface area contributed by atoms with Crippen molar-refractivity contribution in [3.05, 3.63) is 0 Å². The second kappa shape index (κ2) is 5.47. The Morgan fingerprint density at radius 1 is 1.30 bits per heavy atom. The highest BCUT2D eigenvalue weighted by Crippen LogP contribution is 2.30. The Kier molecular flexibility index (Phi) is 4.52. The maximum atomic E-state index is 12.8. The van der Waals surface area contributed by atoms with E-state index in [2.05, 4.69) is 0 Å². The van der Waals surface area contributed by atoms with Gasteiger partial charge < -0.3 is 20.2 Å². The average molecular weight is 297 g/mol. The van der Waals surface area contributed by atoms with Gasteiger partial charge in [-0.05, 0) is 20.9 Å². The van der Waals surface area contributed by atoms with Gasteiger partial charge in [0.2, 0.25) is 5.54 Å². The van der Waals surface area contributed by atoms with Gasteiger partial charge in [-0.15, -0.1) is 0 Å². The normalized spacial score (nSPS) is 24.1. The molecule has 1 rings (SSSR count). The monoisotopic (exact) mass is 297 g/mol. The van der Waals surface area contributed by atoms with Crippen LogP contribution in [0.2, 0.25) is 0 Å². The van der Waals surface area contributed by atoms with Crippen molar-refractivity contribution < 1.29 is 27.9 Å². The molecule has 2 N–H and O–H groups in total. The summed E-state index contributed by atoms with van der Waals surface area (Å²) in [4.78, 5) is 25.8. The summed E-state index contributed by atoms with van der Waals surface area (Å²) in [5.41, 5.74) is -3.29. The molecule has 1 saturated heterocycles. The Balaban J connectivity index is 2.81. The van der Waals surface area contributed by atoms with Crippen LogP contribution in [0.25, 0.3) is 0 Å². The SMILES string of the molecule is CC1CN(C(=O)NC(C)(C(=O)O)C(F)(F)F)CCN1C. The molecule has 0 bridgehead atoms. The van der Waals surface area contributed by atoms with E-state index in [1.165, 1.54) is 4.90 Å². The number of aliphatic carboxylic acids is 1. The van der Waals surface area contributed by atoms with Gasteiger partial charge in [0.15, 0.2) is 0 Å². The van der Waals surface area contributed by atoms with Crippen molar-refractivity contribution in [2.45, 2.75) is 31.6 Å². The second-order valence-electron chi connectivity index (χ2n) is 5.13. The number of carboxylic acids is 1. The molecule has 6 nitrogen and oxygen atoms in total. The van der Waals surface area contributed by atoms with Crippen LogP contribution in [0.4, 0.5) is 18.0 Å². The van der Waals surface area contributed by atoms with Crippen LogP contribution in [0.1, 0.15) is 13.8 Å². The molecule has 20 heavy (non-hydrogen) atoms. The van der Waals surface area contributed by atoms with Gasteiger partial charge in [-0.3, -0.25) is 0 Å². The quantitative estimate of drug-likeness (QED) is 0.788. The number of nitrogens with zero attached hydrogens (tertiary/aromatic N) is 2. The first-order valence-electron chi connectivity index (χ1n) is 6.06. The second-order valence-corrected chi connectivity index (χ2v) is 5.13. The summed E-state index contributed by atoms with van der Waals surface area (Å²) in [5, 5.41) is 10.3. The highest BCUT2D eigenvalue weighted by atomic mass is 19.4. The molecule has 2 amide bonds. The Morgan fingerprint density at radius 3 is 2.25 bits per heavy atom. The smallest absolute Gasteiger partial charge is 0.422 e. The van der Waals surface area contributed by atoms with Crippen LogP contribution in [-0.2, 0) is 4.79 Å². The molecule has 1 heterocycles. The zero-order valence-corrected chi connectivity index (χ0v) is 11.5. The molecule has 0 saturated carbocycles. The van der Waals surface area contributed by atoms with Crippen molar-refractivity contribution in [1.82, 2.24) is 15.1 Å². The average Bonchev–Trinajstić information content (AvgIpc) is 2.30. The van der Waals surface area contributed by atoms with Gasteiger partial charge in [-0.1, -0.05) is 0 Å². The van der Waals surface area contributed by atoms with Crippen LogP contribution in [-0.4, -0.2) is 71.3 Å². The summed E-state index contributed by atoms with van der Waals surface area (Å²) < 4.78 is 38.4. The van der Waals surface area contributed by atoms with E-state index in [4.69, 9.17) is 5.11 Å². The Hall–Kier alpha value is -1.51. The minimum atomic E-state index is -5.08. The first-order chi connectivity index (χ1) is 8.99. The summed E-state index contributed by atoms with van der Waals surface area (Å²) in [6.45, 7) is 3.28. The number of hydrogen-bond donors (Lipinski definition) is 2. The predicted octanol–water partition coefficient (Wildman–Crippen LogP) is 0.737. The van der Waals surface area contributed by atoms with E-state index >= 15 is 0 Å². The Morgan fingerprint density at radius 2 is 1.85 bits per heavy atom. The van der Waals surface area contributed by atoms with Crippen molar-refractivity contribution in [3.63, 3.8) is 0 Å². The zero-order valence-electron chi connectivity index (χ0n) is 11.5. The van der Waals surface area contributed by atoms with Crippen LogP contribution in [0.5, 0.6) is 0 Å². The number of likely N-dealkylation sites (N-methyl/N-ethyl adjacent to an activating group) is 1. The number of hydrogen-bond acceptors (Lipinski definition) is 3. The van der Waals surface area contributed by atoms with E-state index in [9.17, 15) is 22.8 Å². The summed E-state index contributed by atoms with van der Waals surface area (Å²) in [6.07, 6.45) is -5.08. The maximum absolute atomic E-state index is 12.8. The lowest BCUT2D eigenvalue weighted by molar-refractivity contribution is -0.203. The summed E-state index contributed by atoms with van der Waals surface area (Å²) in [5.74, 6) is -2.14. The van der Waals surface area contributed by atoms with Crippen LogP contribution < -0.4 is 5.32 Å². The van der Waals surface area contributed by atoms with E-state index in [0.29, 0.717) is 13.5 Å². The number of nitrogens with one attached hydrogen (secondary N) is 1. The number of carbonyl (C=O) groups is 2. The fourth-order valence-electron chi connectivity index (χ4n) is 1.77. The molecule has 0 spiro atoms. The molecule has 0 radical (unpaired) electrons. The third kappa shape index (κ3) is 3.14. The van der Waals surface area contributed by atoms with E-state index < -0.39 is 23.7 Å². The summed E-state index contributed by atoms with van der Waals surface area (Å²) >= 11 is 0. The van der Waals surface area contributed by atoms with Gasteiger partial charge in [0.05, 0.1) is 0 Å². The van der Waals surface area contributed by atoms with Crippen molar-refractivity contribution in [1.29, 1.82) is 0 Å². The minimum Gasteiger partial charge on any atom is -0.479 e. The number of halogens is 3. The molecular formula is C11H18F3N3O3. The first kappa shape index (κ1) is 16.5. The fourth-order valence-corrected chi connectivity index (χ4v) is 1.77. The van der Waals surface area contributed by atoms with Gasteiger partial charge in [-0.2, -0.15) is 13.2 Å². The first-order valence-corrected chi connectivity index (χ1v) is 6.06. The lowest BCUT2D eigenvalue weighted by Crippen LogP contribution is -2.65. The summed E-state index contributed by atoms with van der Waals surface area (Å²) in [7, 11) is 1.84. The molecule has 1 aliphatic heterocycles. The van der Waals surface area contributed by atoms with Crippen molar-refractivity contribution in [2.75, 3.05) is 26.7 Å². The van der Waals surface area contributed by atoms with E-state index in [0.717, 1.165) is 0 Å². The number of amides is 2. The largest absolute Gasteiger partial charge is 0.479 e. The molecule has 1 fully saturated rings. The Bertz CT molecular complexity index is 402. The molecule has 0 aromatic carbocycles. The molecule has 1 aliphatic rings. The summed E-state index contributed by atoms with van der Waals surface area (Å²) in [6, 6.07) is -1.02. The van der Waals surface area contributed by atoms with Gasteiger partial charge in [-0.25, -0.2) is 9.59 Å². The molecule has 2 atom stereocenters. The van der Waals surface area contributed by atoms with E-state index in [1.807, 2.05) is 18.9 Å². The molecule has 9 heteroatoms. The predicted molar refractivity (Wildman–Crippen MR) is 64.3 cm³/mol. The topological polar surface area (TPSA) is 72.9 Å². The third-order valence-electron chi connectivity index (χ3n) is 3.60. The lowest BCUT2D eigenvalue weighted by atomic mass is 10.0. The van der Waals surface area contributed by atoms with Gasteiger partial charge in [0.25, 0.3) is 0 Å². The number of piperazine rings is 1. The van der Waals surface area contributed by atoms with Crippen LogP contribution in [0.15, 0.2) is 0 Å². The molecule has 116 valence electrons. The van der Waals surface area contributed by atoms with Crippen LogP contribution in [0, 0.1) is 0 Å². The number of urea groups is 1. The van der Waals surface area contributed by atoms with Crippen LogP contribution in [0.3, 0.4) is 0 Å². The molecule has 2 unspecified atom stereocenters. The highest BCUT2D eigenvalue weighted by molar-refractivity contribution is 5.86. The Labute approximate surface area is 114 Å². The third-order valence-corrected chi connectivity index (χ3v) is 3.60. The maximum Gasteiger partial charge on any atom is 0.422 e. The molecule has 0 aromatic rings. The number of carbonyl (C=O) groups excluding carboxylic acids is 1. The highest BCUT2D eigenvalue weighted by Gasteiger charge is 2.59. The minimum absolute atomic E-state index is 0.00327. The van der Waals surface area contributed by atoms with Crippen molar-refractivity contribution >= 4 is 12.0 Å². The lowest BCUT2D eigenvalue weighted by Gasteiger charge is -2.39.